The number of rotatable bonds is 9. The number of aromatic nitrogens is 5. The van der Waals surface area contributed by atoms with E-state index in [2.05, 4.69) is 88.8 Å². The van der Waals surface area contributed by atoms with Crippen molar-refractivity contribution in [3.63, 3.8) is 0 Å². The van der Waals surface area contributed by atoms with Gasteiger partial charge in [0.25, 0.3) is 0 Å². The molecule has 3 saturated heterocycles. The molecule has 3 aromatic heterocycles. The van der Waals surface area contributed by atoms with Crippen LogP contribution >= 0.6 is 0 Å². The van der Waals surface area contributed by atoms with Gasteiger partial charge in [0.05, 0.1) is 23.4 Å². The van der Waals surface area contributed by atoms with Gasteiger partial charge in [-0.25, -0.2) is 19.7 Å². The molecule has 3 amide bonds. The second-order valence-corrected chi connectivity index (χ2v) is 14.7. The summed E-state index contributed by atoms with van der Waals surface area (Å²) in [4.78, 5) is 46.8. The van der Waals surface area contributed by atoms with Crippen molar-refractivity contribution in [3.05, 3.63) is 72.8 Å². The fraction of sp³-hybridized carbons (Fsp3) is 0.400. The summed E-state index contributed by atoms with van der Waals surface area (Å²) in [7, 11) is 0. The molecule has 2 aromatic carbocycles. The molecule has 15 nitrogen and oxygen atoms in total. The summed E-state index contributed by atoms with van der Waals surface area (Å²) in [6, 6.07) is 14.3. The smallest absolute Gasteiger partial charge is 0.328 e. The first-order valence-electron chi connectivity index (χ1n) is 19.3. The van der Waals surface area contributed by atoms with Gasteiger partial charge >= 0.3 is 6.03 Å². The van der Waals surface area contributed by atoms with E-state index in [1.165, 1.54) is 5.69 Å². The number of anilines is 5. The Hall–Kier alpha value is -5.80. The van der Waals surface area contributed by atoms with E-state index < -0.39 is 0 Å². The summed E-state index contributed by atoms with van der Waals surface area (Å²) < 4.78 is 7.81. The minimum absolute atomic E-state index is 0.216. The molecule has 9 rings (SSSR count). The highest BCUT2D eigenvalue weighted by molar-refractivity contribution is 6.05. The number of benzene rings is 2. The molecule has 4 aliphatic heterocycles. The highest BCUT2D eigenvalue weighted by Crippen LogP contribution is 2.36. The maximum atomic E-state index is 12.2. The van der Waals surface area contributed by atoms with Crippen molar-refractivity contribution in [3.8, 4) is 17.0 Å². The van der Waals surface area contributed by atoms with Gasteiger partial charge in [0, 0.05) is 113 Å². The Morgan fingerprint density at radius 3 is 2.45 bits per heavy atom. The summed E-state index contributed by atoms with van der Waals surface area (Å²) in [5.74, 6) is 0.979. The van der Waals surface area contributed by atoms with E-state index in [0.29, 0.717) is 37.4 Å². The van der Waals surface area contributed by atoms with E-state index in [0.717, 1.165) is 116 Å². The third-order valence-electron chi connectivity index (χ3n) is 11.3. The number of piperazine rings is 1. The van der Waals surface area contributed by atoms with Crippen LogP contribution in [0.2, 0.25) is 0 Å². The number of piperidine rings is 1. The molecule has 0 bridgehead atoms. The number of nitrogens with zero attached hydrogens (tertiary/aromatic N) is 9. The van der Waals surface area contributed by atoms with E-state index in [9.17, 15) is 9.59 Å². The van der Waals surface area contributed by atoms with Crippen LogP contribution < -0.4 is 30.5 Å². The van der Waals surface area contributed by atoms with Crippen LogP contribution in [0.5, 0.6) is 5.88 Å². The minimum Gasteiger partial charge on any atom is -0.474 e. The van der Waals surface area contributed by atoms with Gasteiger partial charge in [-0.3, -0.25) is 24.6 Å². The first kappa shape index (κ1) is 34.9. The number of ether oxygens (including phenoxy) is 1. The van der Waals surface area contributed by atoms with Crippen LogP contribution in [0.4, 0.5) is 33.5 Å². The van der Waals surface area contributed by atoms with Gasteiger partial charge in [-0.1, -0.05) is 12.1 Å². The molecule has 4 aliphatic rings. The molecular formula is C40H46N12O3. The lowest BCUT2D eigenvalue weighted by molar-refractivity contribution is -0.120. The molecule has 3 N–H and O–H groups in total. The topological polar surface area (TPSA) is 149 Å². The standard InChI is InChI=1S/C40H46N12O3/c1-27-34(25-42-38-37(27)41-11-21-55-38)28-2-3-29-23-43-39(46-35(29)22-28)45-30-24-44-52(26-30)33-8-12-48(13-9-33)15-16-49-17-19-50(20-18-49)31-4-6-32(7-5-31)51-14-10-36(53)47-40(51)54/h2-7,22-26,33,41H,8-21H2,1H3,(H,43,45,46)(H,47,53,54). The van der Waals surface area contributed by atoms with Crippen LogP contribution in [0, 0.1) is 6.92 Å². The lowest BCUT2D eigenvalue weighted by Crippen LogP contribution is -2.49. The van der Waals surface area contributed by atoms with Gasteiger partial charge in [-0.15, -0.1) is 0 Å². The Morgan fingerprint density at radius 2 is 1.65 bits per heavy atom. The third kappa shape index (κ3) is 7.49. The van der Waals surface area contributed by atoms with Gasteiger partial charge in [-0.05, 0) is 61.2 Å². The quantitative estimate of drug-likeness (QED) is 0.193. The van der Waals surface area contributed by atoms with E-state index in [-0.39, 0.29) is 11.9 Å². The average molecular weight is 743 g/mol. The number of hydrogen-bond acceptors (Lipinski definition) is 12. The Bertz CT molecular complexity index is 2190. The van der Waals surface area contributed by atoms with Crippen molar-refractivity contribution in [2.24, 2.45) is 0 Å². The molecule has 55 heavy (non-hydrogen) atoms. The number of imide groups is 1. The van der Waals surface area contributed by atoms with Crippen molar-refractivity contribution in [1.29, 1.82) is 0 Å². The van der Waals surface area contributed by atoms with Crippen LogP contribution in [0.1, 0.15) is 30.9 Å². The van der Waals surface area contributed by atoms with Crippen molar-refractivity contribution in [2.75, 3.05) is 92.5 Å². The maximum absolute atomic E-state index is 12.2. The van der Waals surface area contributed by atoms with E-state index >= 15 is 0 Å². The lowest BCUT2D eigenvalue weighted by Gasteiger charge is -2.38. The fourth-order valence-electron chi connectivity index (χ4n) is 8.07. The first-order valence-corrected chi connectivity index (χ1v) is 19.3. The zero-order valence-corrected chi connectivity index (χ0v) is 31.1. The molecule has 0 aliphatic carbocycles. The predicted octanol–water partition coefficient (Wildman–Crippen LogP) is 4.65. The third-order valence-corrected chi connectivity index (χ3v) is 11.3. The Kier molecular flexibility index (Phi) is 9.62. The number of carbonyl (C=O) groups excluding carboxylic acids is 2. The van der Waals surface area contributed by atoms with Crippen LogP contribution in [0.25, 0.3) is 22.0 Å². The largest absolute Gasteiger partial charge is 0.474 e. The molecular weight excluding hydrogens is 697 g/mol. The van der Waals surface area contributed by atoms with Crippen molar-refractivity contribution in [2.45, 2.75) is 32.2 Å². The minimum atomic E-state index is -0.349. The van der Waals surface area contributed by atoms with E-state index in [1.807, 2.05) is 30.7 Å². The van der Waals surface area contributed by atoms with Crippen molar-refractivity contribution < 1.29 is 14.3 Å². The first-order chi connectivity index (χ1) is 26.9. The van der Waals surface area contributed by atoms with Crippen molar-refractivity contribution in [1.82, 2.24) is 39.8 Å². The van der Waals surface area contributed by atoms with Crippen molar-refractivity contribution >= 4 is 51.5 Å². The molecule has 7 heterocycles. The second-order valence-electron chi connectivity index (χ2n) is 14.7. The van der Waals surface area contributed by atoms with Crippen LogP contribution in [0.15, 0.2) is 67.3 Å². The molecule has 0 saturated carbocycles. The summed E-state index contributed by atoms with van der Waals surface area (Å²) >= 11 is 0. The molecule has 0 radical (unpaired) electrons. The molecule has 3 fully saturated rings. The molecule has 0 unspecified atom stereocenters. The summed E-state index contributed by atoms with van der Waals surface area (Å²) in [5.41, 5.74) is 7.87. The van der Waals surface area contributed by atoms with Gasteiger partial charge in [0.15, 0.2) is 0 Å². The molecule has 0 spiro atoms. The zero-order chi connectivity index (χ0) is 37.3. The number of amides is 3. The summed E-state index contributed by atoms with van der Waals surface area (Å²) in [6.45, 7) is 12.2. The normalized spacial score (nSPS) is 18.5. The number of fused-ring (bicyclic) bond motifs is 2. The average Bonchev–Trinajstić information content (AvgIpc) is 3.69. The van der Waals surface area contributed by atoms with E-state index in [1.54, 1.807) is 4.90 Å². The molecule has 0 atom stereocenters. The zero-order valence-electron chi connectivity index (χ0n) is 31.1. The fourth-order valence-corrected chi connectivity index (χ4v) is 8.07. The number of hydrogen-bond donors (Lipinski definition) is 3. The molecule has 5 aromatic rings. The van der Waals surface area contributed by atoms with Gasteiger partial charge in [0.1, 0.15) is 12.3 Å². The Morgan fingerprint density at radius 1 is 0.873 bits per heavy atom. The monoisotopic (exact) mass is 742 g/mol. The lowest BCUT2D eigenvalue weighted by atomic mass is 10.00. The predicted molar refractivity (Wildman–Crippen MR) is 212 cm³/mol. The highest BCUT2D eigenvalue weighted by atomic mass is 16.5. The Balaban J connectivity index is 0.736. The van der Waals surface area contributed by atoms with Gasteiger partial charge in [-0.2, -0.15) is 5.10 Å². The summed E-state index contributed by atoms with van der Waals surface area (Å²) in [6.07, 6.45) is 10.1. The number of likely N-dealkylation sites (tertiary alicyclic amines) is 1. The number of nitrogens with one attached hydrogen (secondary N) is 3. The Labute approximate surface area is 319 Å². The molecule has 284 valence electrons. The number of urea groups is 1. The van der Waals surface area contributed by atoms with E-state index in [4.69, 9.17) is 14.8 Å². The van der Waals surface area contributed by atoms with Gasteiger partial charge < -0.3 is 25.2 Å². The van der Waals surface area contributed by atoms with Crippen LogP contribution in [-0.4, -0.2) is 119 Å². The number of pyridine rings is 1. The SMILES string of the molecule is Cc1c(-c2ccc3cnc(Nc4cnn(C5CCN(CCN6CCN(c7ccc(N8CCC(=O)NC8=O)cc7)CC6)CC5)c4)nc3c2)cnc2c1NCCO2. The highest BCUT2D eigenvalue weighted by Gasteiger charge is 2.26. The van der Waals surface area contributed by atoms with Crippen LogP contribution in [0.3, 0.4) is 0 Å². The number of carbonyl (C=O) groups is 2. The summed E-state index contributed by atoms with van der Waals surface area (Å²) in [5, 5.41) is 14.9. The van der Waals surface area contributed by atoms with Gasteiger partial charge in [0.2, 0.25) is 17.7 Å². The maximum Gasteiger partial charge on any atom is 0.328 e. The van der Waals surface area contributed by atoms with Crippen LogP contribution in [-0.2, 0) is 4.79 Å². The molecule has 15 heteroatoms. The second kappa shape index (κ2) is 15.1.